The Morgan fingerprint density at radius 3 is 2.67 bits per heavy atom. The predicted octanol–water partition coefficient (Wildman–Crippen LogP) is 3.07. The molecule has 1 aromatic heterocycles. The molecule has 0 bridgehead atoms. The number of hydrogen-bond acceptors (Lipinski definition) is 2. The lowest BCUT2D eigenvalue weighted by Gasteiger charge is -2.29. The van der Waals surface area contributed by atoms with E-state index in [1.54, 1.807) is 43.5 Å². The minimum Gasteiger partial charge on any atom is -0.367 e. The molecule has 1 unspecified atom stereocenters. The maximum absolute atomic E-state index is 12.8. The second-order valence-electron chi connectivity index (χ2n) is 6.39. The minimum atomic E-state index is -1.34. The van der Waals surface area contributed by atoms with E-state index < -0.39 is 11.4 Å². The summed E-state index contributed by atoms with van der Waals surface area (Å²) in [6, 6.07) is 8.52. The Morgan fingerprint density at radius 1 is 1.33 bits per heavy atom. The van der Waals surface area contributed by atoms with Crippen molar-refractivity contribution in [2.75, 3.05) is 0 Å². The van der Waals surface area contributed by atoms with E-state index in [9.17, 15) is 9.59 Å². The Kier molecular flexibility index (Phi) is 4.37. The number of benzene rings is 1. The van der Waals surface area contributed by atoms with Gasteiger partial charge in [-0.15, -0.1) is 0 Å². The molecule has 0 spiro atoms. The van der Waals surface area contributed by atoms with Crippen LogP contribution in [0.2, 0.25) is 5.02 Å². The van der Waals surface area contributed by atoms with Crippen LogP contribution >= 0.6 is 11.6 Å². The zero-order valence-corrected chi connectivity index (χ0v) is 14.2. The van der Waals surface area contributed by atoms with Crippen molar-refractivity contribution < 1.29 is 9.59 Å². The van der Waals surface area contributed by atoms with Gasteiger partial charge in [0.05, 0.1) is 5.56 Å². The largest absolute Gasteiger partial charge is 0.367 e. The third-order valence-corrected chi connectivity index (χ3v) is 5.03. The lowest BCUT2D eigenvalue weighted by atomic mass is 9.81. The van der Waals surface area contributed by atoms with Crippen LogP contribution < -0.4 is 11.1 Å². The Bertz CT molecular complexity index is 782. The molecular weight excluding hydrogens is 326 g/mol. The molecule has 5 nitrogen and oxygen atoms in total. The number of rotatable bonds is 5. The van der Waals surface area contributed by atoms with Crippen molar-refractivity contribution in [3.05, 3.63) is 58.4 Å². The second-order valence-corrected chi connectivity index (χ2v) is 6.82. The number of carbonyl (C=O) groups excluding carboxylic acids is 2. The number of carbonyl (C=O) groups is 2. The van der Waals surface area contributed by atoms with Crippen LogP contribution in [0, 0.1) is 0 Å². The minimum absolute atomic E-state index is 0.320. The van der Waals surface area contributed by atoms with Crippen LogP contribution in [-0.4, -0.2) is 16.8 Å². The number of aromatic amines is 1. The van der Waals surface area contributed by atoms with E-state index in [0.29, 0.717) is 22.1 Å². The van der Waals surface area contributed by atoms with Gasteiger partial charge in [-0.3, -0.25) is 9.59 Å². The quantitative estimate of drug-likeness (QED) is 0.777. The fourth-order valence-corrected chi connectivity index (χ4v) is 3.18. The topological polar surface area (TPSA) is 88.0 Å². The number of nitrogens with two attached hydrogens (primary N) is 1. The summed E-state index contributed by atoms with van der Waals surface area (Å²) in [4.78, 5) is 28.0. The van der Waals surface area contributed by atoms with Crippen LogP contribution in [-0.2, 0) is 10.3 Å². The fraction of sp³-hybridized carbons (Fsp3) is 0.333. The average Bonchev–Trinajstić information content (AvgIpc) is 2.94. The number of aromatic nitrogens is 1. The van der Waals surface area contributed by atoms with Gasteiger partial charge in [0.25, 0.3) is 5.91 Å². The third kappa shape index (κ3) is 2.91. The Balaban J connectivity index is 1.90. The lowest BCUT2D eigenvalue weighted by Crippen LogP contribution is -2.52. The summed E-state index contributed by atoms with van der Waals surface area (Å²) in [6.45, 7) is 1.59. The summed E-state index contributed by atoms with van der Waals surface area (Å²) in [5, 5.41) is 3.27. The second kappa shape index (κ2) is 6.32. The number of halogens is 1. The molecule has 0 saturated heterocycles. The van der Waals surface area contributed by atoms with Gasteiger partial charge in [0.15, 0.2) is 0 Å². The van der Waals surface area contributed by atoms with Crippen molar-refractivity contribution in [2.24, 2.45) is 5.73 Å². The molecule has 126 valence electrons. The fourth-order valence-electron chi connectivity index (χ4n) is 2.98. The molecular formula is C18H20ClN3O2. The van der Waals surface area contributed by atoms with E-state index in [2.05, 4.69) is 10.3 Å². The van der Waals surface area contributed by atoms with Crippen LogP contribution in [0.15, 0.2) is 36.5 Å². The first-order chi connectivity index (χ1) is 11.4. The van der Waals surface area contributed by atoms with Crippen molar-refractivity contribution in [1.29, 1.82) is 0 Å². The van der Waals surface area contributed by atoms with Gasteiger partial charge in [-0.1, -0.05) is 30.2 Å². The van der Waals surface area contributed by atoms with E-state index in [-0.39, 0.29) is 5.91 Å². The number of amides is 2. The van der Waals surface area contributed by atoms with Gasteiger partial charge in [-0.2, -0.15) is 0 Å². The molecule has 1 fully saturated rings. The van der Waals surface area contributed by atoms with Gasteiger partial charge < -0.3 is 16.0 Å². The predicted molar refractivity (Wildman–Crippen MR) is 92.8 cm³/mol. The van der Waals surface area contributed by atoms with Gasteiger partial charge in [-0.05, 0) is 49.4 Å². The molecule has 1 aliphatic carbocycles. The van der Waals surface area contributed by atoms with Crippen LogP contribution in [0.1, 0.15) is 53.7 Å². The Hall–Kier alpha value is -2.27. The van der Waals surface area contributed by atoms with Gasteiger partial charge in [-0.25, -0.2) is 0 Å². The van der Waals surface area contributed by atoms with Gasteiger partial charge >= 0.3 is 0 Å². The molecule has 24 heavy (non-hydrogen) atoms. The normalized spacial score (nSPS) is 16.9. The molecule has 6 heteroatoms. The van der Waals surface area contributed by atoms with Crippen LogP contribution in [0.25, 0.3) is 0 Å². The number of hydrogen-bond donors (Lipinski definition) is 3. The van der Waals surface area contributed by atoms with Crippen molar-refractivity contribution in [3.8, 4) is 0 Å². The highest BCUT2D eigenvalue weighted by molar-refractivity contribution is 6.30. The van der Waals surface area contributed by atoms with Crippen LogP contribution in [0.5, 0.6) is 0 Å². The average molecular weight is 346 g/mol. The molecule has 1 heterocycles. The molecule has 1 aromatic carbocycles. The lowest BCUT2D eigenvalue weighted by molar-refractivity contribution is -0.123. The van der Waals surface area contributed by atoms with E-state index >= 15 is 0 Å². The number of nitrogens with one attached hydrogen (secondary N) is 2. The smallest absolute Gasteiger partial charge is 0.254 e. The van der Waals surface area contributed by atoms with E-state index in [4.69, 9.17) is 17.3 Å². The summed E-state index contributed by atoms with van der Waals surface area (Å²) < 4.78 is 0. The summed E-state index contributed by atoms with van der Waals surface area (Å²) in [5.41, 5.74) is 6.29. The molecule has 1 saturated carbocycles. The van der Waals surface area contributed by atoms with E-state index in [0.717, 1.165) is 18.5 Å². The summed E-state index contributed by atoms with van der Waals surface area (Å²) in [5.74, 6) is -0.579. The summed E-state index contributed by atoms with van der Waals surface area (Å²) in [6.07, 6.45) is 5.07. The van der Waals surface area contributed by atoms with Crippen molar-refractivity contribution in [1.82, 2.24) is 10.3 Å². The first-order valence-electron chi connectivity index (χ1n) is 7.97. The first-order valence-corrected chi connectivity index (χ1v) is 8.35. The van der Waals surface area contributed by atoms with Crippen LogP contribution in [0.4, 0.5) is 0 Å². The SMILES string of the molecule is CC(NC(=O)c1cc[nH]c1C1CCC1)(C(N)=O)c1cccc(Cl)c1. The molecule has 1 atom stereocenters. The monoisotopic (exact) mass is 345 g/mol. The van der Waals surface area contributed by atoms with Crippen molar-refractivity contribution >= 4 is 23.4 Å². The van der Waals surface area contributed by atoms with Gasteiger partial charge in [0, 0.05) is 16.9 Å². The zero-order chi connectivity index (χ0) is 17.3. The van der Waals surface area contributed by atoms with E-state index in [1.807, 2.05) is 0 Å². The van der Waals surface area contributed by atoms with Gasteiger partial charge in [0.1, 0.15) is 5.54 Å². The molecule has 1 aliphatic rings. The van der Waals surface area contributed by atoms with Crippen LogP contribution in [0.3, 0.4) is 0 Å². The number of H-pyrrole nitrogens is 1. The highest BCUT2D eigenvalue weighted by atomic mass is 35.5. The molecule has 0 radical (unpaired) electrons. The van der Waals surface area contributed by atoms with Crippen molar-refractivity contribution in [2.45, 2.75) is 37.6 Å². The first kappa shape index (κ1) is 16.6. The Labute approximate surface area is 145 Å². The molecule has 2 aromatic rings. The highest BCUT2D eigenvalue weighted by Gasteiger charge is 2.36. The molecule has 3 rings (SSSR count). The molecule has 2 amide bonds. The third-order valence-electron chi connectivity index (χ3n) is 4.80. The summed E-state index contributed by atoms with van der Waals surface area (Å²) in [7, 11) is 0. The highest BCUT2D eigenvalue weighted by Crippen LogP contribution is 2.37. The van der Waals surface area contributed by atoms with Crippen molar-refractivity contribution in [3.63, 3.8) is 0 Å². The maximum atomic E-state index is 12.8. The summed E-state index contributed by atoms with van der Waals surface area (Å²) >= 11 is 6.02. The Morgan fingerprint density at radius 2 is 2.08 bits per heavy atom. The number of primary amides is 1. The molecule has 0 aliphatic heterocycles. The van der Waals surface area contributed by atoms with Gasteiger partial charge in [0.2, 0.25) is 5.91 Å². The molecule has 4 N–H and O–H groups in total. The maximum Gasteiger partial charge on any atom is 0.254 e. The zero-order valence-electron chi connectivity index (χ0n) is 13.4. The standard InChI is InChI=1S/C18H20ClN3O2/c1-18(17(20)24,12-6-3-7-13(19)10-12)22-16(23)14-8-9-21-15(14)11-4-2-5-11/h3,6-11,21H,2,4-5H2,1H3,(H2,20,24)(H,22,23). The van der Waals surface area contributed by atoms with E-state index in [1.165, 1.54) is 6.42 Å².